The van der Waals surface area contributed by atoms with Crippen LogP contribution in [-0.4, -0.2) is 15.9 Å². The third-order valence-electron chi connectivity index (χ3n) is 3.11. The maximum Gasteiger partial charge on any atom is 0.121 e. The van der Waals surface area contributed by atoms with Crippen molar-refractivity contribution in [2.24, 2.45) is 5.73 Å². The number of aryl methyl sites for hydroxylation is 1. The van der Waals surface area contributed by atoms with E-state index in [0.29, 0.717) is 5.02 Å². The lowest BCUT2D eigenvalue weighted by molar-refractivity contribution is 0.190. The first kappa shape index (κ1) is 14.9. The van der Waals surface area contributed by atoms with Gasteiger partial charge in [-0.1, -0.05) is 24.6 Å². The molecule has 0 spiro atoms. The summed E-state index contributed by atoms with van der Waals surface area (Å²) in [6, 6.07) is 7.10. The fraction of sp³-hybridized carbons (Fsp3) is 0.400. The molecule has 0 amide bonds. The molecule has 2 unspecified atom stereocenters. The molecular weight excluding hydrogens is 274 g/mol. The van der Waals surface area contributed by atoms with Gasteiger partial charge in [-0.05, 0) is 31.5 Å². The van der Waals surface area contributed by atoms with Gasteiger partial charge in [0.1, 0.15) is 11.9 Å². The van der Waals surface area contributed by atoms with Crippen molar-refractivity contribution in [3.05, 3.63) is 47.2 Å². The second kappa shape index (κ2) is 6.77. The van der Waals surface area contributed by atoms with Crippen LogP contribution in [0, 0.1) is 0 Å². The molecule has 0 radical (unpaired) electrons. The molecule has 0 saturated carbocycles. The standard InChI is InChI=1S/C15H20ClN3O/c1-3-7-19-10-12(9-18-19)15(17)11(2)20-14-6-4-5-13(16)8-14/h4-6,8-11,15H,3,7,17H2,1-2H3. The molecule has 0 fully saturated rings. The second-order valence-corrected chi connectivity index (χ2v) is 5.28. The van der Waals surface area contributed by atoms with Crippen molar-refractivity contribution >= 4 is 11.6 Å². The normalized spacial score (nSPS) is 14.0. The van der Waals surface area contributed by atoms with Gasteiger partial charge in [-0.25, -0.2) is 0 Å². The molecule has 0 aliphatic heterocycles. The summed E-state index contributed by atoms with van der Waals surface area (Å²) < 4.78 is 7.74. The van der Waals surface area contributed by atoms with Gasteiger partial charge in [0.15, 0.2) is 0 Å². The maximum atomic E-state index is 6.22. The molecule has 2 N–H and O–H groups in total. The Hall–Kier alpha value is -1.52. The summed E-state index contributed by atoms with van der Waals surface area (Å²) in [5.74, 6) is 0.724. The molecule has 0 bridgehead atoms. The average Bonchev–Trinajstić information content (AvgIpc) is 2.87. The number of rotatable bonds is 6. The molecule has 0 aliphatic rings. The van der Waals surface area contributed by atoms with Crippen LogP contribution in [0.5, 0.6) is 5.75 Å². The largest absolute Gasteiger partial charge is 0.489 e. The van der Waals surface area contributed by atoms with Crippen LogP contribution in [0.4, 0.5) is 0 Å². The monoisotopic (exact) mass is 293 g/mol. The van der Waals surface area contributed by atoms with Gasteiger partial charge in [-0.3, -0.25) is 4.68 Å². The first-order chi connectivity index (χ1) is 9.60. The molecule has 2 atom stereocenters. The molecule has 0 aliphatic carbocycles. The van der Waals surface area contributed by atoms with Gasteiger partial charge in [0, 0.05) is 23.3 Å². The van der Waals surface area contributed by atoms with Crippen molar-refractivity contribution in [1.29, 1.82) is 0 Å². The molecule has 20 heavy (non-hydrogen) atoms. The number of halogens is 1. The molecule has 1 aromatic carbocycles. The zero-order chi connectivity index (χ0) is 14.5. The number of nitrogens with zero attached hydrogens (tertiary/aromatic N) is 2. The predicted octanol–water partition coefficient (Wildman–Crippen LogP) is 3.41. The van der Waals surface area contributed by atoms with Crippen LogP contribution in [0.2, 0.25) is 5.02 Å². The van der Waals surface area contributed by atoms with Crippen molar-refractivity contribution in [1.82, 2.24) is 9.78 Å². The quantitative estimate of drug-likeness (QED) is 0.888. The van der Waals surface area contributed by atoms with Crippen LogP contribution in [0.1, 0.15) is 31.9 Å². The Balaban J connectivity index is 2.02. The lowest BCUT2D eigenvalue weighted by Crippen LogP contribution is -2.28. The highest BCUT2D eigenvalue weighted by molar-refractivity contribution is 6.30. The van der Waals surface area contributed by atoms with Gasteiger partial charge in [0.2, 0.25) is 0 Å². The Morgan fingerprint density at radius 2 is 2.25 bits per heavy atom. The van der Waals surface area contributed by atoms with Crippen LogP contribution in [0.3, 0.4) is 0 Å². The Morgan fingerprint density at radius 3 is 2.95 bits per heavy atom. The third kappa shape index (κ3) is 3.74. The first-order valence-corrected chi connectivity index (χ1v) is 7.18. The number of hydrogen-bond acceptors (Lipinski definition) is 3. The van der Waals surface area contributed by atoms with Crippen LogP contribution >= 0.6 is 11.6 Å². The molecule has 2 rings (SSSR count). The van der Waals surface area contributed by atoms with Crippen LogP contribution < -0.4 is 10.5 Å². The third-order valence-corrected chi connectivity index (χ3v) is 3.35. The van der Waals surface area contributed by atoms with E-state index < -0.39 is 0 Å². The highest BCUT2D eigenvalue weighted by Crippen LogP contribution is 2.22. The maximum absolute atomic E-state index is 6.22. The van der Waals surface area contributed by atoms with E-state index in [2.05, 4.69) is 12.0 Å². The number of aromatic nitrogens is 2. The van der Waals surface area contributed by atoms with Gasteiger partial charge in [0.05, 0.1) is 12.2 Å². The topological polar surface area (TPSA) is 53.1 Å². The molecule has 1 heterocycles. The van der Waals surface area contributed by atoms with Crippen molar-refractivity contribution in [3.63, 3.8) is 0 Å². The smallest absolute Gasteiger partial charge is 0.121 e. The van der Waals surface area contributed by atoms with Gasteiger partial charge < -0.3 is 10.5 Å². The Labute approximate surface area is 124 Å². The van der Waals surface area contributed by atoms with E-state index in [1.165, 1.54) is 0 Å². The zero-order valence-electron chi connectivity index (χ0n) is 11.8. The second-order valence-electron chi connectivity index (χ2n) is 4.84. The fourth-order valence-electron chi connectivity index (χ4n) is 2.00. The number of nitrogens with two attached hydrogens (primary N) is 1. The van der Waals surface area contributed by atoms with E-state index in [9.17, 15) is 0 Å². The van der Waals surface area contributed by atoms with Gasteiger partial charge in [-0.15, -0.1) is 0 Å². The van der Waals surface area contributed by atoms with Crippen LogP contribution in [0.15, 0.2) is 36.7 Å². The Bertz CT molecular complexity index is 556. The van der Waals surface area contributed by atoms with E-state index >= 15 is 0 Å². The van der Waals surface area contributed by atoms with Crippen molar-refractivity contribution in [2.45, 2.75) is 39.0 Å². The summed E-state index contributed by atoms with van der Waals surface area (Å²) in [5.41, 5.74) is 7.20. The van der Waals surface area contributed by atoms with E-state index in [4.69, 9.17) is 22.1 Å². The van der Waals surface area contributed by atoms with Gasteiger partial charge >= 0.3 is 0 Å². The van der Waals surface area contributed by atoms with Gasteiger partial charge in [0.25, 0.3) is 0 Å². The highest BCUT2D eigenvalue weighted by atomic mass is 35.5. The zero-order valence-corrected chi connectivity index (χ0v) is 12.5. The summed E-state index contributed by atoms with van der Waals surface area (Å²) in [6.07, 6.45) is 4.67. The molecular formula is C15H20ClN3O. The van der Waals surface area contributed by atoms with Crippen molar-refractivity contribution < 1.29 is 4.74 Å². The Kier molecular flexibility index (Phi) is 5.04. The summed E-state index contributed by atoms with van der Waals surface area (Å²) in [6.45, 7) is 4.96. The molecule has 108 valence electrons. The fourth-order valence-corrected chi connectivity index (χ4v) is 2.18. The number of benzene rings is 1. The minimum absolute atomic E-state index is 0.159. The van der Waals surface area contributed by atoms with Crippen LogP contribution in [0.25, 0.3) is 0 Å². The first-order valence-electron chi connectivity index (χ1n) is 6.80. The van der Waals surface area contributed by atoms with Gasteiger partial charge in [-0.2, -0.15) is 5.10 Å². The molecule has 4 nitrogen and oxygen atoms in total. The van der Waals surface area contributed by atoms with Crippen molar-refractivity contribution in [2.75, 3.05) is 0 Å². The summed E-state index contributed by atoms with van der Waals surface area (Å²) >= 11 is 5.94. The summed E-state index contributed by atoms with van der Waals surface area (Å²) in [5, 5.41) is 4.94. The van der Waals surface area contributed by atoms with Crippen LogP contribution in [-0.2, 0) is 6.54 Å². The molecule has 5 heteroatoms. The Morgan fingerprint density at radius 1 is 1.45 bits per heavy atom. The average molecular weight is 294 g/mol. The van der Waals surface area contributed by atoms with Crippen molar-refractivity contribution in [3.8, 4) is 5.75 Å². The van der Waals surface area contributed by atoms with E-state index in [-0.39, 0.29) is 12.1 Å². The SMILES string of the molecule is CCCn1cc(C(N)C(C)Oc2cccc(Cl)c2)cn1. The lowest BCUT2D eigenvalue weighted by Gasteiger charge is -2.20. The minimum atomic E-state index is -0.223. The number of ether oxygens (including phenoxy) is 1. The molecule has 2 aromatic rings. The summed E-state index contributed by atoms with van der Waals surface area (Å²) in [7, 11) is 0. The minimum Gasteiger partial charge on any atom is -0.489 e. The highest BCUT2D eigenvalue weighted by Gasteiger charge is 2.18. The van der Waals surface area contributed by atoms with E-state index in [1.807, 2.05) is 36.0 Å². The lowest BCUT2D eigenvalue weighted by atomic mass is 10.1. The summed E-state index contributed by atoms with van der Waals surface area (Å²) in [4.78, 5) is 0. The number of hydrogen-bond donors (Lipinski definition) is 1. The molecule has 1 aromatic heterocycles. The van der Waals surface area contributed by atoms with E-state index in [1.54, 1.807) is 12.3 Å². The predicted molar refractivity (Wildman–Crippen MR) is 81.0 cm³/mol. The van der Waals surface area contributed by atoms with E-state index in [0.717, 1.165) is 24.3 Å². The molecule has 0 saturated heterocycles.